The second-order valence-corrected chi connectivity index (χ2v) is 10.1. The molecule has 200 valence electrons. The van der Waals surface area contributed by atoms with Crippen molar-refractivity contribution in [3.8, 4) is 33.4 Å². The summed E-state index contributed by atoms with van der Waals surface area (Å²) in [4.78, 5) is 0. The molecular formula is C42H26O. The molecule has 0 aliphatic rings. The summed E-state index contributed by atoms with van der Waals surface area (Å²) >= 11 is 0. The molecule has 1 aromatic heterocycles. The summed E-state index contributed by atoms with van der Waals surface area (Å²) in [5, 5.41) is 1.96. The normalized spacial score (nSPS) is 16.9. The van der Waals surface area contributed by atoms with Gasteiger partial charge in [0, 0.05) is 10.8 Å². The molecule has 43 heavy (non-hydrogen) atoms. The summed E-state index contributed by atoms with van der Waals surface area (Å²) in [6, 6.07) is 9.95. The Hall–Kier alpha value is -5.66. The Morgan fingerprint density at radius 3 is 1.72 bits per heavy atom. The van der Waals surface area contributed by atoms with Crippen molar-refractivity contribution in [1.82, 2.24) is 0 Å². The minimum Gasteiger partial charge on any atom is -0.456 e. The van der Waals surface area contributed by atoms with E-state index in [1.165, 1.54) is 36.4 Å². The van der Waals surface area contributed by atoms with Crippen molar-refractivity contribution < 1.29 is 26.3 Å². The fourth-order valence-electron chi connectivity index (χ4n) is 5.99. The Bertz CT molecular complexity index is 3320. The van der Waals surface area contributed by atoms with Gasteiger partial charge in [0.15, 0.2) is 0 Å². The maximum Gasteiger partial charge on any atom is 0.136 e. The summed E-state index contributed by atoms with van der Waals surface area (Å²) in [5.74, 6) is 0. The molecule has 0 saturated carbocycles. The van der Waals surface area contributed by atoms with Crippen LogP contribution in [0.3, 0.4) is 0 Å². The topological polar surface area (TPSA) is 13.1 Å². The second-order valence-electron chi connectivity index (χ2n) is 10.1. The van der Waals surface area contributed by atoms with Gasteiger partial charge < -0.3 is 4.42 Å². The van der Waals surface area contributed by atoms with Crippen LogP contribution >= 0.6 is 0 Å². The summed E-state index contributed by atoms with van der Waals surface area (Å²) in [6.07, 6.45) is 0. The van der Waals surface area contributed by atoms with E-state index >= 15 is 0 Å². The highest BCUT2D eigenvalue weighted by atomic mass is 16.3. The molecule has 1 nitrogen and oxygen atoms in total. The SMILES string of the molecule is [2H]c1cc2c(-c3ccc(-c4c([2H])c([2H])c([2H])c5oc6c([2H])c([2H])c([2H])c([2H])c6c45)cc3)c3cc([2H])c([2H])cc3c(-c3cc([2H])c([2H])c4c([2H])c([2H])c([2H])cc34)c2cc1[2H]. The van der Waals surface area contributed by atoms with Crippen molar-refractivity contribution >= 4 is 54.3 Å². The molecule has 1 heterocycles. The highest BCUT2D eigenvalue weighted by molar-refractivity contribution is 6.23. The van der Waals surface area contributed by atoms with Crippen LogP contribution in [0.15, 0.2) is 162 Å². The Kier molecular flexibility index (Phi) is 2.88. The Labute approximate surface area is 271 Å². The zero-order valence-electron chi connectivity index (χ0n) is 38.2. The molecule has 0 fully saturated rings. The number of benzene rings is 8. The maximum atomic E-state index is 8.96. The van der Waals surface area contributed by atoms with Gasteiger partial charge in [0.05, 0.1) is 21.9 Å². The van der Waals surface area contributed by atoms with E-state index in [0.717, 1.165) is 0 Å². The van der Waals surface area contributed by atoms with Gasteiger partial charge >= 0.3 is 0 Å². The van der Waals surface area contributed by atoms with Crippen LogP contribution in [0.5, 0.6) is 0 Å². The van der Waals surface area contributed by atoms with E-state index < -0.39 is 48.3 Å². The average molecular weight is 563 g/mol. The number of para-hydroxylation sites is 1. The number of rotatable bonds is 3. The van der Waals surface area contributed by atoms with E-state index in [0.29, 0.717) is 49.4 Å². The molecule has 0 N–H and O–H groups in total. The molecule has 0 aliphatic heterocycles. The fourth-order valence-corrected chi connectivity index (χ4v) is 5.99. The van der Waals surface area contributed by atoms with Crippen LogP contribution in [0, 0.1) is 0 Å². The van der Waals surface area contributed by atoms with Crippen molar-refractivity contribution in [3.05, 3.63) is 157 Å². The standard InChI is InChI=1S/C42H26O/c1-2-13-30-27(11-1)12-9-20-32(30)41-35-16-5-3-14-33(35)40(34-15-4-6-17-36(34)41)29-25-23-28(24-26-29)31-19-10-22-39-42(31)37-18-7-8-21-38(37)43-39/h1-26H/i1D,2D,3D,4D,5D,6D,7D,8D,9D,10D,11D,12D,18D,19D,21D,22D. The van der Waals surface area contributed by atoms with Crippen molar-refractivity contribution in [1.29, 1.82) is 0 Å². The lowest BCUT2D eigenvalue weighted by molar-refractivity contribution is 0.669. The highest BCUT2D eigenvalue weighted by Crippen LogP contribution is 2.45. The predicted octanol–water partition coefficient (Wildman–Crippen LogP) is 12.0. The van der Waals surface area contributed by atoms with Gasteiger partial charge in [-0.25, -0.2) is 0 Å². The third-order valence-corrected chi connectivity index (χ3v) is 7.82. The van der Waals surface area contributed by atoms with E-state index in [4.69, 9.17) is 26.3 Å². The predicted molar refractivity (Wildman–Crippen MR) is 183 cm³/mol. The zero-order chi connectivity index (χ0) is 42.3. The van der Waals surface area contributed by atoms with E-state index in [1.807, 2.05) is 0 Å². The molecule has 0 atom stereocenters. The zero-order valence-corrected chi connectivity index (χ0v) is 22.2. The van der Waals surface area contributed by atoms with Crippen LogP contribution in [0.2, 0.25) is 0 Å². The molecule has 0 radical (unpaired) electrons. The van der Waals surface area contributed by atoms with Crippen molar-refractivity contribution in [2.24, 2.45) is 0 Å². The minimum absolute atomic E-state index is 0.0148. The molecule has 1 heteroatoms. The monoisotopic (exact) mass is 562 g/mol. The van der Waals surface area contributed by atoms with Crippen LogP contribution in [-0.2, 0) is 0 Å². The lowest BCUT2D eigenvalue weighted by Crippen LogP contribution is -1.91. The van der Waals surface area contributed by atoms with Crippen LogP contribution in [0.25, 0.3) is 87.6 Å². The maximum absolute atomic E-state index is 8.96. The van der Waals surface area contributed by atoms with Crippen LogP contribution in [0.1, 0.15) is 21.9 Å². The number of fused-ring (bicyclic) bond motifs is 6. The summed E-state index contributed by atoms with van der Waals surface area (Å²) in [6.45, 7) is 0. The van der Waals surface area contributed by atoms with E-state index in [2.05, 4.69) is 0 Å². The first-order chi connectivity index (χ1) is 27.9. The first-order valence-corrected chi connectivity index (χ1v) is 13.4. The average Bonchev–Trinajstić information content (AvgIpc) is 3.60. The minimum atomic E-state index is -0.533. The van der Waals surface area contributed by atoms with Gasteiger partial charge in [-0.2, -0.15) is 0 Å². The smallest absolute Gasteiger partial charge is 0.136 e. The first kappa shape index (κ1) is 13.1. The molecule has 0 bridgehead atoms. The molecule has 0 unspecified atom stereocenters. The van der Waals surface area contributed by atoms with E-state index in [-0.39, 0.29) is 86.6 Å². The van der Waals surface area contributed by atoms with Crippen molar-refractivity contribution in [3.63, 3.8) is 0 Å². The molecule has 0 aliphatic carbocycles. The van der Waals surface area contributed by atoms with Gasteiger partial charge in [-0.05, 0) is 77.8 Å². The third kappa shape index (κ3) is 3.65. The lowest BCUT2D eigenvalue weighted by Gasteiger charge is -2.19. The van der Waals surface area contributed by atoms with E-state index in [9.17, 15) is 0 Å². The van der Waals surface area contributed by atoms with Gasteiger partial charge in [0.25, 0.3) is 0 Å². The summed E-state index contributed by atoms with van der Waals surface area (Å²) in [7, 11) is 0. The van der Waals surface area contributed by atoms with E-state index in [1.54, 1.807) is 24.3 Å². The molecule has 9 aromatic rings. The fraction of sp³-hybridized carbons (Fsp3) is 0. The van der Waals surface area contributed by atoms with Gasteiger partial charge in [-0.1, -0.05) is 145 Å². The van der Waals surface area contributed by atoms with Crippen molar-refractivity contribution in [2.45, 2.75) is 0 Å². The Morgan fingerprint density at radius 1 is 0.372 bits per heavy atom. The molecule has 0 saturated heterocycles. The van der Waals surface area contributed by atoms with Gasteiger partial charge in [-0.15, -0.1) is 0 Å². The quantitative estimate of drug-likeness (QED) is 0.195. The molecular weight excluding hydrogens is 520 g/mol. The molecule has 8 aromatic carbocycles. The van der Waals surface area contributed by atoms with Gasteiger partial charge in [0.2, 0.25) is 0 Å². The molecule has 0 spiro atoms. The highest BCUT2D eigenvalue weighted by Gasteiger charge is 2.18. The number of hydrogen-bond donors (Lipinski definition) is 0. The summed E-state index contributed by atoms with van der Waals surface area (Å²) in [5.41, 5.74) is 1.80. The molecule has 9 rings (SSSR count). The molecule has 0 amide bonds. The van der Waals surface area contributed by atoms with Crippen LogP contribution < -0.4 is 0 Å². The number of hydrogen-bond acceptors (Lipinski definition) is 1. The van der Waals surface area contributed by atoms with Crippen LogP contribution in [-0.4, -0.2) is 0 Å². The summed E-state index contributed by atoms with van der Waals surface area (Å²) < 4.78 is 143. The van der Waals surface area contributed by atoms with Gasteiger partial charge in [-0.3, -0.25) is 0 Å². The lowest BCUT2D eigenvalue weighted by atomic mass is 9.84. The Balaban J connectivity index is 1.38. The van der Waals surface area contributed by atoms with Crippen molar-refractivity contribution in [2.75, 3.05) is 0 Å². The largest absolute Gasteiger partial charge is 0.456 e. The number of furan rings is 1. The second kappa shape index (κ2) is 9.44. The van der Waals surface area contributed by atoms with Gasteiger partial charge in [0.1, 0.15) is 11.2 Å². The first-order valence-electron chi connectivity index (χ1n) is 21.4. The van der Waals surface area contributed by atoms with Crippen LogP contribution in [0.4, 0.5) is 0 Å². The Morgan fingerprint density at radius 2 is 0.953 bits per heavy atom. The third-order valence-electron chi connectivity index (χ3n) is 7.82.